The summed E-state index contributed by atoms with van der Waals surface area (Å²) in [6.45, 7) is 2.23. The van der Waals surface area contributed by atoms with E-state index in [2.05, 4.69) is 10.3 Å². The number of aryl methyl sites for hydroxylation is 1. The SMILES string of the molecule is Cc1ccc(F)cc1Cn1nnc(C(=O)O)c1C1CC1. The van der Waals surface area contributed by atoms with Crippen molar-refractivity contribution in [3.63, 3.8) is 0 Å². The zero-order valence-electron chi connectivity index (χ0n) is 11.0. The van der Waals surface area contributed by atoms with Crippen LogP contribution in [0, 0.1) is 12.7 Å². The summed E-state index contributed by atoms with van der Waals surface area (Å²) in [7, 11) is 0. The van der Waals surface area contributed by atoms with Crippen molar-refractivity contribution in [3.8, 4) is 0 Å². The fourth-order valence-electron chi connectivity index (χ4n) is 2.32. The molecule has 1 fully saturated rings. The highest BCUT2D eigenvalue weighted by Gasteiger charge is 2.33. The number of carbonyl (C=O) groups is 1. The van der Waals surface area contributed by atoms with E-state index < -0.39 is 5.97 Å². The summed E-state index contributed by atoms with van der Waals surface area (Å²) in [5.74, 6) is -1.16. The molecule has 0 amide bonds. The Hall–Kier alpha value is -2.24. The molecule has 0 unspecified atom stereocenters. The predicted molar refractivity (Wildman–Crippen MR) is 69.2 cm³/mol. The Morgan fingerprint density at radius 3 is 2.90 bits per heavy atom. The van der Waals surface area contributed by atoms with Gasteiger partial charge in [0.1, 0.15) is 5.82 Å². The van der Waals surface area contributed by atoms with Gasteiger partial charge in [0.25, 0.3) is 0 Å². The van der Waals surface area contributed by atoms with Crippen LogP contribution in [0.15, 0.2) is 18.2 Å². The molecule has 6 heteroatoms. The number of aromatic nitrogens is 3. The Labute approximate surface area is 115 Å². The Balaban J connectivity index is 1.98. The second-order valence-electron chi connectivity index (χ2n) is 5.13. The predicted octanol–water partition coefficient (Wildman–Crippen LogP) is 2.35. The van der Waals surface area contributed by atoms with Gasteiger partial charge in [-0.3, -0.25) is 0 Å². The van der Waals surface area contributed by atoms with Crippen molar-refractivity contribution < 1.29 is 14.3 Å². The first-order valence-corrected chi connectivity index (χ1v) is 6.48. The van der Waals surface area contributed by atoms with Crippen LogP contribution in [0.2, 0.25) is 0 Å². The lowest BCUT2D eigenvalue weighted by atomic mass is 10.1. The standard InChI is InChI=1S/C14H14FN3O2/c1-8-2-5-11(15)6-10(8)7-18-13(9-3-4-9)12(14(19)20)16-17-18/h2,5-6,9H,3-4,7H2,1H3,(H,19,20). The summed E-state index contributed by atoms with van der Waals surface area (Å²) < 4.78 is 14.9. The molecule has 1 N–H and O–H groups in total. The molecule has 3 rings (SSSR count). The van der Waals surface area contributed by atoms with Crippen LogP contribution in [0.25, 0.3) is 0 Å². The average Bonchev–Trinajstić information content (AvgIpc) is 3.15. The van der Waals surface area contributed by atoms with Crippen molar-refractivity contribution in [1.29, 1.82) is 0 Å². The minimum absolute atomic E-state index is 0.0153. The second-order valence-corrected chi connectivity index (χ2v) is 5.13. The molecule has 0 aliphatic heterocycles. The molecule has 0 radical (unpaired) electrons. The molecule has 1 heterocycles. The molecule has 1 aromatic carbocycles. The number of aromatic carboxylic acids is 1. The van der Waals surface area contributed by atoms with Crippen LogP contribution < -0.4 is 0 Å². The fraction of sp³-hybridized carbons (Fsp3) is 0.357. The van der Waals surface area contributed by atoms with Crippen molar-refractivity contribution >= 4 is 5.97 Å². The highest BCUT2D eigenvalue weighted by Crippen LogP contribution is 2.41. The summed E-state index contributed by atoms with van der Waals surface area (Å²) >= 11 is 0. The van der Waals surface area contributed by atoms with Gasteiger partial charge in [-0.15, -0.1) is 5.10 Å². The molecule has 5 nitrogen and oxygen atoms in total. The lowest BCUT2D eigenvalue weighted by Crippen LogP contribution is -2.09. The largest absolute Gasteiger partial charge is 0.476 e. The van der Waals surface area contributed by atoms with Crippen LogP contribution in [0.3, 0.4) is 0 Å². The van der Waals surface area contributed by atoms with Gasteiger partial charge in [-0.25, -0.2) is 13.9 Å². The van der Waals surface area contributed by atoms with Gasteiger partial charge in [-0.1, -0.05) is 11.3 Å². The van der Waals surface area contributed by atoms with E-state index in [-0.39, 0.29) is 17.4 Å². The van der Waals surface area contributed by atoms with E-state index in [1.54, 1.807) is 10.7 Å². The maximum atomic E-state index is 13.3. The second kappa shape index (κ2) is 4.70. The monoisotopic (exact) mass is 275 g/mol. The quantitative estimate of drug-likeness (QED) is 0.930. The molecule has 0 bridgehead atoms. The van der Waals surface area contributed by atoms with Gasteiger partial charge in [0.15, 0.2) is 5.69 Å². The third kappa shape index (κ3) is 2.29. The summed E-state index contributed by atoms with van der Waals surface area (Å²) in [6, 6.07) is 4.56. The van der Waals surface area contributed by atoms with E-state index in [0.717, 1.165) is 24.0 Å². The van der Waals surface area contributed by atoms with Crippen molar-refractivity contribution in [2.75, 3.05) is 0 Å². The molecule has 1 aromatic heterocycles. The van der Waals surface area contributed by atoms with E-state index in [1.807, 2.05) is 6.92 Å². The molecule has 1 aliphatic rings. The summed E-state index contributed by atoms with van der Waals surface area (Å²) in [6.07, 6.45) is 1.91. The first-order chi connectivity index (χ1) is 9.56. The number of hydrogen-bond donors (Lipinski definition) is 1. The molecule has 20 heavy (non-hydrogen) atoms. The number of carboxylic acid groups (broad SMARTS) is 1. The van der Waals surface area contributed by atoms with Crippen molar-refractivity contribution in [2.24, 2.45) is 0 Å². The van der Waals surface area contributed by atoms with Gasteiger partial charge >= 0.3 is 5.97 Å². The number of nitrogens with zero attached hydrogens (tertiary/aromatic N) is 3. The Morgan fingerprint density at radius 2 is 2.25 bits per heavy atom. The first-order valence-electron chi connectivity index (χ1n) is 6.48. The Kier molecular flexibility index (Phi) is 3.00. The van der Waals surface area contributed by atoms with Gasteiger partial charge in [0.2, 0.25) is 0 Å². The number of rotatable bonds is 4. The average molecular weight is 275 g/mol. The van der Waals surface area contributed by atoms with E-state index in [1.165, 1.54) is 12.1 Å². The van der Waals surface area contributed by atoms with Gasteiger partial charge in [-0.05, 0) is 43.0 Å². The number of carboxylic acids is 1. The number of halogens is 1. The van der Waals surface area contributed by atoms with Crippen LogP contribution in [0.1, 0.15) is 46.1 Å². The minimum Gasteiger partial charge on any atom is -0.476 e. The fourth-order valence-corrected chi connectivity index (χ4v) is 2.32. The van der Waals surface area contributed by atoms with Gasteiger partial charge in [0.05, 0.1) is 12.2 Å². The molecule has 1 saturated carbocycles. The molecule has 0 atom stereocenters. The van der Waals surface area contributed by atoms with Crippen LogP contribution >= 0.6 is 0 Å². The Bertz CT molecular complexity index is 677. The normalized spacial score (nSPS) is 14.5. The van der Waals surface area contributed by atoms with Crippen molar-refractivity contribution in [2.45, 2.75) is 32.2 Å². The summed E-state index contributed by atoms with van der Waals surface area (Å²) in [5.41, 5.74) is 2.40. The lowest BCUT2D eigenvalue weighted by molar-refractivity contribution is 0.0689. The minimum atomic E-state index is -1.06. The highest BCUT2D eigenvalue weighted by molar-refractivity contribution is 5.86. The van der Waals surface area contributed by atoms with Crippen LogP contribution in [0.5, 0.6) is 0 Å². The van der Waals surface area contributed by atoms with Crippen LogP contribution in [-0.4, -0.2) is 26.1 Å². The third-order valence-electron chi connectivity index (χ3n) is 3.57. The van der Waals surface area contributed by atoms with Crippen LogP contribution in [0.4, 0.5) is 4.39 Å². The van der Waals surface area contributed by atoms with Gasteiger partial charge in [0, 0.05) is 5.92 Å². The zero-order chi connectivity index (χ0) is 14.3. The summed E-state index contributed by atoms with van der Waals surface area (Å²) in [5, 5.41) is 16.8. The topological polar surface area (TPSA) is 68.0 Å². The highest BCUT2D eigenvalue weighted by atomic mass is 19.1. The molecular formula is C14H14FN3O2. The molecule has 2 aromatic rings. The Morgan fingerprint density at radius 1 is 1.50 bits per heavy atom. The molecule has 104 valence electrons. The maximum Gasteiger partial charge on any atom is 0.358 e. The molecule has 0 spiro atoms. The van der Waals surface area contributed by atoms with Crippen molar-refractivity contribution in [3.05, 3.63) is 46.5 Å². The maximum absolute atomic E-state index is 13.3. The smallest absolute Gasteiger partial charge is 0.358 e. The van der Waals surface area contributed by atoms with Gasteiger partial charge < -0.3 is 5.11 Å². The lowest BCUT2D eigenvalue weighted by Gasteiger charge is -2.09. The molecule has 0 saturated heterocycles. The zero-order valence-corrected chi connectivity index (χ0v) is 11.0. The molecular weight excluding hydrogens is 261 g/mol. The van der Waals surface area contributed by atoms with E-state index >= 15 is 0 Å². The molecule has 1 aliphatic carbocycles. The van der Waals surface area contributed by atoms with Crippen LogP contribution in [-0.2, 0) is 6.54 Å². The number of benzene rings is 1. The number of hydrogen-bond acceptors (Lipinski definition) is 3. The van der Waals surface area contributed by atoms with Gasteiger partial charge in [-0.2, -0.15) is 0 Å². The van der Waals surface area contributed by atoms with E-state index in [4.69, 9.17) is 5.11 Å². The van der Waals surface area contributed by atoms with E-state index in [0.29, 0.717) is 12.2 Å². The van der Waals surface area contributed by atoms with E-state index in [9.17, 15) is 9.18 Å². The van der Waals surface area contributed by atoms with Crippen molar-refractivity contribution in [1.82, 2.24) is 15.0 Å². The summed E-state index contributed by atoms with van der Waals surface area (Å²) in [4.78, 5) is 11.2. The third-order valence-corrected chi connectivity index (χ3v) is 3.57. The first kappa shape index (κ1) is 12.8.